The first-order valence-corrected chi connectivity index (χ1v) is 7.19. The average Bonchev–Trinajstić information content (AvgIpc) is 2.45. The molecule has 0 heterocycles. The Bertz CT molecular complexity index is 669. The van der Waals surface area contributed by atoms with E-state index in [0.717, 1.165) is 5.56 Å². The predicted octanol–water partition coefficient (Wildman–Crippen LogP) is 4.87. The standard InChI is InChI=1S/C16H14Cl2O3/c1-2-15(19)13-6-5-12(8-16(13)20)21-9-10-3-4-11(17)7-14(10)18/h3-8,20H,2,9H2,1H3. The zero-order valence-electron chi connectivity index (χ0n) is 11.4. The summed E-state index contributed by atoms with van der Waals surface area (Å²) in [6.45, 7) is 1.99. The first kappa shape index (κ1) is 15.7. The van der Waals surface area contributed by atoms with E-state index >= 15 is 0 Å². The SMILES string of the molecule is CCC(=O)c1ccc(OCc2ccc(Cl)cc2Cl)cc1O. The van der Waals surface area contributed by atoms with Gasteiger partial charge in [-0.1, -0.05) is 36.2 Å². The number of rotatable bonds is 5. The number of halogens is 2. The van der Waals surface area contributed by atoms with Crippen molar-refractivity contribution in [3.05, 3.63) is 57.6 Å². The molecule has 0 radical (unpaired) electrons. The number of hydrogen-bond donors (Lipinski definition) is 1. The van der Waals surface area contributed by atoms with Crippen LogP contribution in [0.2, 0.25) is 10.0 Å². The smallest absolute Gasteiger partial charge is 0.166 e. The zero-order chi connectivity index (χ0) is 15.4. The van der Waals surface area contributed by atoms with Crippen molar-refractivity contribution in [2.24, 2.45) is 0 Å². The van der Waals surface area contributed by atoms with E-state index in [1.165, 1.54) is 6.07 Å². The molecular formula is C16H14Cl2O3. The van der Waals surface area contributed by atoms with Gasteiger partial charge in [-0.25, -0.2) is 0 Å². The van der Waals surface area contributed by atoms with Gasteiger partial charge in [0.15, 0.2) is 5.78 Å². The minimum Gasteiger partial charge on any atom is -0.507 e. The third kappa shape index (κ3) is 3.90. The molecule has 0 aliphatic heterocycles. The highest BCUT2D eigenvalue weighted by Crippen LogP contribution is 2.27. The van der Waals surface area contributed by atoms with Crippen molar-refractivity contribution < 1.29 is 14.6 Å². The summed E-state index contributed by atoms with van der Waals surface area (Å²) in [5.41, 5.74) is 1.09. The van der Waals surface area contributed by atoms with Gasteiger partial charge in [0, 0.05) is 28.1 Å². The Labute approximate surface area is 133 Å². The molecule has 0 atom stereocenters. The molecule has 0 aliphatic carbocycles. The van der Waals surface area contributed by atoms with Crippen LogP contribution in [0.4, 0.5) is 0 Å². The molecule has 0 bridgehead atoms. The molecular weight excluding hydrogens is 311 g/mol. The molecule has 2 aromatic carbocycles. The molecule has 0 saturated heterocycles. The number of Topliss-reactive ketones (excluding diaryl/α,β-unsaturated/α-hetero) is 1. The van der Waals surface area contributed by atoms with Crippen molar-refractivity contribution in [2.75, 3.05) is 0 Å². The Balaban J connectivity index is 2.10. The number of carbonyl (C=O) groups is 1. The summed E-state index contributed by atoms with van der Waals surface area (Å²) in [4.78, 5) is 11.6. The van der Waals surface area contributed by atoms with Gasteiger partial charge in [0.05, 0.1) is 5.56 Å². The van der Waals surface area contributed by atoms with Crippen LogP contribution in [0.1, 0.15) is 29.3 Å². The fourth-order valence-corrected chi connectivity index (χ4v) is 2.29. The molecule has 0 spiro atoms. The summed E-state index contributed by atoms with van der Waals surface area (Å²) in [5, 5.41) is 10.9. The third-order valence-corrected chi connectivity index (χ3v) is 3.59. The van der Waals surface area contributed by atoms with Gasteiger partial charge in [-0.3, -0.25) is 4.79 Å². The molecule has 3 nitrogen and oxygen atoms in total. The van der Waals surface area contributed by atoms with E-state index in [2.05, 4.69) is 0 Å². The number of benzene rings is 2. The molecule has 5 heteroatoms. The molecule has 0 aromatic heterocycles. The lowest BCUT2D eigenvalue weighted by atomic mass is 10.1. The van der Waals surface area contributed by atoms with Crippen molar-refractivity contribution in [3.63, 3.8) is 0 Å². The normalized spacial score (nSPS) is 10.4. The Hall–Kier alpha value is -1.71. The number of aromatic hydroxyl groups is 1. The number of ketones is 1. The van der Waals surface area contributed by atoms with Crippen LogP contribution in [-0.2, 0) is 6.61 Å². The zero-order valence-corrected chi connectivity index (χ0v) is 12.9. The highest BCUT2D eigenvalue weighted by atomic mass is 35.5. The van der Waals surface area contributed by atoms with Crippen LogP contribution in [0.5, 0.6) is 11.5 Å². The average molecular weight is 325 g/mol. The van der Waals surface area contributed by atoms with Gasteiger partial charge < -0.3 is 9.84 Å². The highest BCUT2D eigenvalue weighted by molar-refractivity contribution is 6.35. The molecule has 0 saturated carbocycles. The molecule has 0 fully saturated rings. The van der Waals surface area contributed by atoms with Gasteiger partial charge in [-0.2, -0.15) is 0 Å². The maximum absolute atomic E-state index is 11.6. The van der Waals surface area contributed by atoms with E-state index in [0.29, 0.717) is 27.8 Å². The van der Waals surface area contributed by atoms with Gasteiger partial charge in [0.1, 0.15) is 18.1 Å². The van der Waals surface area contributed by atoms with Crippen molar-refractivity contribution in [1.82, 2.24) is 0 Å². The minimum absolute atomic E-state index is 0.0819. The van der Waals surface area contributed by atoms with E-state index in [4.69, 9.17) is 27.9 Å². The summed E-state index contributed by atoms with van der Waals surface area (Å²) >= 11 is 11.9. The summed E-state index contributed by atoms with van der Waals surface area (Å²) in [6, 6.07) is 9.77. The first-order chi connectivity index (χ1) is 10.0. The van der Waals surface area contributed by atoms with Crippen molar-refractivity contribution >= 4 is 29.0 Å². The summed E-state index contributed by atoms with van der Waals surface area (Å²) in [7, 11) is 0. The van der Waals surface area contributed by atoms with E-state index in [1.54, 1.807) is 37.3 Å². The molecule has 2 rings (SSSR count). The topological polar surface area (TPSA) is 46.5 Å². The van der Waals surface area contributed by atoms with Gasteiger partial charge in [0.25, 0.3) is 0 Å². The summed E-state index contributed by atoms with van der Waals surface area (Å²) in [6.07, 6.45) is 0.341. The van der Waals surface area contributed by atoms with Crippen molar-refractivity contribution in [2.45, 2.75) is 20.0 Å². The Morgan fingerprint density at radius 3 is 2.57 bits per heavy atom. The summed E-state index contributed by atoms with van der Waals surface area (Å²) < 4.78 is 5.56. The molecule has 21 heavy (non-hydrogen) atoms. The van der Waals surface area contributed by atoms with Gasteiger partial charge >= 0.3 is 0 Å². The molecule has 110 valence electrons. The Kier molecular flexibility index (Phi) is 5.10. The van der Waals surface area contributed by atoms with E-state index in [9.17, 15) is 9.90 Å². The van der Waals surface area contributed by atoms with Crippen LogP contribution in [0, 0.1) is 0 Å². The lowest BCUT2D eigenvalue weighted by Crippen LogP contribution is -1.99. The summed E-state index contributed by atoms with van der Waals surface area (Å²) in [5.74, 6) is 0.271. The quantitative estimate of drug-likeness (QED) is 0.798. The lowest BCUT2D eigenvalue weighted by Gasteiger charge is -2.10. The van der Waals surface area contributed by atoms with E-state index < -0.39 is 0 Å². The maximum atomic E-state index is 11.6. The molecule has 2 aromatic rings. The van der Waals surface area contributed by atoms with Gasteiger partial charge in [-0.15, -0.1) is 0 Å². The number of hydrogen-bond acceptors (Lipinski definition) is 3. The number of phenolic OH excluding ortho intramolecular Hbond substituents is 1. The predicted molar refractivity (Wildman–Crippen MR) is 83.5 cm³/mol. The first-order valence-electron chi connectivity index (χ1n) is 6.44. The van der Waals surface area contributed by atoms with Crippen LogP contribution >= 0.6 is 23.2 Å². The van der Waals surface area contributed by atoms with Crippen molar-refractivity contribution in [1.29, 1.82) is 0 Å². The Morgan fingerprint density at radius 2 is 1.95 bits per heavy atom. The molecule has 1 N–H and O–H groups in total. The second-order valence-corrected chi connectivity index (χ2v) is 5.32. The Morgan fingerprint density at radius 1 is 1.19 bits per heavy atom. The van der Waals surface area contributed by atoms with E-state index in [-0.39, 0.29) is 18.1 Å². The monoisotopic (exact) mass is 324 g/mol. The largest absolute Gasteiger partial charge is 0.507 e. The number of phenols is 1. The van der Waals surface area contributed by atoms with Gasteiger partial charge in [0.2, 0.25) is 0 Å². The van der Waals surface area contributed by atoms with E-state index in [1.807, 2.05) is 0 Å². The van der Waals surface area contributed by atoms with Crippen LogP contribution in [0.3, 0.4) is 0 Å². The lowest BCUT2D eigenvalue weighted by molar-refractivity contribution is 0.0985. The fourth-order valence-electron chi connectivity index (χ4n) is 1.83. The fraction of sp³-hybridized carbons (Fsp3) is 0.188. The number of ether oxygens (including phenoxy) is 1. The highest BCUT2D eigenvalue weighted by Gasteiger charge is 2.10. The maximum Gasteiger partial charge on any atom is 0.166 e. The second kappa shape index (κ2) is 6.83. The third-order valence-electron chi connectivity index (χ3n) is 3.00. The van der Waals surface area contributed by atoms with Crippen LogP contribution < -0.4 is 4.74 Å². The van der Waals surface area contributed by atoms with Crippen LogP contribution in [0.15, 0.2) is 36.4 Å². The van der Waals surface area contributed by atoms with Crippen LogP contribution in [-0.4, -0.2) is 10.9 Å². The van der Waals surface area contributed by atoms with Crippen molar-refractivity contribution in [3.8, 4) is 11.5 Å². The number of carbonyl (C=O) groups excluding carboxylic acids is 1. The van der Waals surface area contributed by atoms with Gasteiger partial charge in [-0.05, 0) is 24.3 Å². The molecule has 0 unspecified atom stereocenters. The minimum atomic E-state index is -0.111. The van der Waals surface area contributed by atoms with Crippen LogP contribution in [0.25, 0.3) is 0 Å². The molecule has 0 amide bonds. The second-order valence-electron chi connectivity index (χ2n) is 4.48. The molecule has 0 aliphatic rings.